The highest BCUT2D eigenvalue weighted by atomic mass is 16.5. The third-order valence-corrected chi connectivity index (χ3v) is 3.05. The second-order valence-electron chi connectivity index (χ2n) is 4.57. The average molecular weight is 289 g/mol. The van der Waals surface area contributed by atoms with E-state index in [2.05, 4.69) is 26.8 Å². The molecule has 21 heavy (non-hydrogen) atoms. The number of nitrogens with one attached hydrogen (secondary N) is 2. The van der Waals surface area contributed by atoms with E-state index in [0.29, 0.717) is 6.61 Å². The second kappa shape index (κ2) is 8.26. The summed E-state index contributed by atoms with van der Waals surface area (Å²) in [6.45, 7) is 4.95. The van der Waals surface area contributed by atoms with Crippen LogP contribution in [0.15, 0.2) is 35.6 Å². The van der Waals surface area contributed by atoms with Gasteiger partial charge in [0, 0.05) is 45.6 Å². The van der Waals surface area contributed by atoms with E-state index < -0.39 is 0 Å². The molecule has 0 spiro atoms. The highest BCUT2D eigenvalue weighted by molar-refractivity contribution is 5.79. The summed E-state index contributed by atoms with van der Waals surface area (Å²) in [4.78, 5) is 8.74. The van der Waals surface area contributed by atoms with Crippen LogP contribution in [0, 0.1) is 0 Å². The van der Waals surface area contributed by atoms with Gasteiger partial charge >= 0.3 is 0 Å². The van der Waals surface area contributed by atoms with E-state index in [1.54, 1.807) is 7.05 Å². The molecule has 0 aromatic carbocycles. The summed E-state index contributed by atoms with van der Waals surface area (Å²) in [6.07, 6.45) is 4.92. The molecule has 0 saturated carbocycles. The largest absolute Gasteiger partial charge is 0.380 e. The molecule has 0 atom stereocenters. The van der Waals surface area contributed by atoms with E-state index >= 15 is 0 Å². The first-order chi connectivity index (χ1) is 10.3. The normalized spacial score (nSPS) is 11.8. The van der Waals surface area contributed by atoms with Crippen LogP contribution in [-0.4, -0.2) is 48.7 Å². The van der Waals surface area contributed by atoms with E-state index in [0.717, 1.165) is 43.4 Å². The van der Waals surface area contributed by atoms with Crippen molar-refractivity contribution in [3.8, 4) is 0 Å². The van der Waals surface area contributed by atoms with Gasteiger partial charge in [0.15, 0.2) is 5.96 Å². The Labute approximate surface area is 125 Å². The number of aliphatic imine (C=N–C) groups is 1. The second-order valence-corrected chi connectivity index (χ2v) is 4.57. The van der Waals surface area contributed by atoms with Crippen LogP contribution in [0.1, 0.15) is 12.6 Å². The molecule has 0 saturated heterocycles. The molecular formula is C15H23N5O. The molecule has 2 aromatic heterocycles. The maximum absolute atomic E-state index is 5.28. The number of fused-ring (bicyclic) bond motifs is 1. The van der Waals surface area contributed by atoms with Crippen LogP contribution in [-0.2, 0) is 11.2 Å². The Morgan fingerprint density at radius 1 is 1.33 bits per heavy atom. The highest BCUT2D eigenvalue weighted by Gasteiger charge is 2.01. The summed E-state index contributed by atoms with van der Waals surface area (Å²) < 4.78 is 7.31. The van der Waals surface area contributed by atoms with Gasteiger partial charge in [-0.25, -0.2) is 4.98 Å². The van der Waals surface area contributed by atoms with Gasteiger partial charge in [0.05, 0.1) is 12.3 Å². The van der Waals surface area contributed by atoms with Crippen molar-refractivity contribution < 1.29 is 4.74 Å². The van der Waals surface area contributed by atoms with E-state index in [1.165, 1.54) is 0 Å². The molecule has 0 unspecified atom stereocenters. The van der Waals surface area contributed by atoms with Gasteiger partial charge in [0.2, 0.25) is 0 Å². The molecule has 2 aromatic rings. The van der Waals surface area contributed by atoms with Crippen molar-refractivity contribution in [1.29, 1.82) is 0 Å². The monoisotopic (exact) mass is 289 g/mol. The van der Waals surface area contributed by atoms with Crippen molar-refractivity contribution >= 4 is 11.6 Å². The first-order valence-corrected chi connectivity index (χ1v) is 7.28. The number of pyridine rings is 1. The van der Waals surface area contributed by atoms with Crippen molar-refractivity contribution in [2.24, 2.45) is 4.99 Å². The molecule has 0 aliphatic carbocycles. The Morgan fingerprint density at radius 2 is 2.19 bits per heavy atom. The zero-order valence-corrected chi connectivity index (χ0v) is 12.7. The quantitative estimate of drug-likeness (QED) is 0.455. The Kier molecular flexibility index (Phi) is 6.02. The highest BCUT2D eigenvalue weighted by Crippen LogP contribution is 2.04. The van der Waals surface area contributed by atoms with Gasteiger partial charge in [-0.3, -0.25) is 4.99 Å². The third kappa shape index (κ3) is 4.75. The predicted molar refractivity (Wildman–Crippen MR) is 84.8 cm³/mol. The van der Waals surface area contributed by atoms with Crippen LogP contribution < -0.4 is 10.6 Å². The predicted octanol–water partition coefficient (Wildman–Crippen LogP) is 1.08. The van der Waals surface area contributed by atoms with Gasteiger partial charge in [-0.05, 0) is 19.1 Å². The average Bonchev–Trinajstić information content (AvgIpc) is 2.92. The molecule has 6 heteroatoms. The molecule has 2 N–H and O–H groups in total. The van der Waals surface area contributed by atoms with E-state index in [4.69, 9.17) is 4.74 Å². The SMILES string of the molecule is CCOCCNC(=NC)NCCc1cn2ccccc2n1. The maximum Gasteiger partial charge on any atom is 0.191 e. The number of rotatable bonds is 7. The number of aromatic nitrogens is 2. The number of imidazole rings is 1. The fourth-order valence-electron chi connectivity index (χ4n) is 2.02. The summed E-state index contributed by atoms with van der Waals surface area (Å²) >= 11 is 0. The number of ether oxygens (including phenoxy) is 1. The van der Waals surface area contributed by atoms with Crippen LogP contribution >= 0.6 is 0 Å². The lowest BCUT2D eigenvalue weighted by Crippen LogP contribution is -2.39. The van der Waals surface area contributed by atoms with Gasteiger partial charge in [-0.1, -0.05) is 6.07 Å². The lowest BCUT2D eigenvalue weighted by atomic mass is 10.3. The molecule has 0 fully saturated rings. The summed E-state index contributed by atoms with van der Waals surface area (Å²) in [7, 11) is 1.76. The molecule has 6 nitrogen and oxygen atoms in total. The molecule has 0 aliphatic heterocycles. The maximum atomic E-state index is 5.28. The Morgan fingerprint density at radius 3 is 2.95 bits per heavy atom. The van der Waals surface area contributed by atoms with Crippen LogP contribution in [0.4, 0.5) is 0 Å². The Bertz CT molecular complexity index is 545. The van der Waals surface area contributed by atoms with Gasteiger partial charge < -0.3 is 19.8 Å². The summed E-state index contributed by atoms with van der Waals surface area (Å²) in [5.41, 5.74) is 2.05. The summed E-state index contributed by atoms with van der Waals surface area (Å²) in [5, 5.41) is 6.48. The van der Waals surface area contributed by atoms with E-state index in [9.17, 15) is 0 Å². The van der Waals surface area contributed by atoms with Crippen molar-refractivity contribution in [3.05, 3.63) is 36.3 Å². The zero-order chi connectivity index (χ0) is 14.9. The van der Waals surface area contributed by atoms with Crippen molar-refractivity contribution in [2.45, 2.75) is 13.3 Å². The minimum absolute atomic E-state index is 0.684. The topological polar surface area (TPSA) is 63.0 Å². The van der Waals surface area contributed by atoms with Crippen LogP contribution in [0.2, 0.25) is 0 Å². The first kappa shape index (κ1) is 15.3. The van der Waals surface area contributed by atoms with Crippen molar-refractivity contribution in [3.63, 3.8) is 0 Å². The number of hydrogen-bond donors (Lipinski definition) is 2. The molecule has 0 aliphatic rings. The van der Waals surface area contributed by atoms with Gasteiger partial charge in [0.1, 0.15) is 5.65 Å². The standard InChI is InChI=1S/C15H23N5O/c1-3-21-11-9-18-15(16-2)17-8-7-13-12-20-10-5-4-6-14(20)19-13/h4-6,10,12H,3,7-9,11H2,1-2H3,(H2,16,17,18). The molecular weight excluding hydrogens is 266 g/mol. The smallest absolute Gasteiger partial charge is 0.191 e. The van der Waals surface area contributed by atoms with Crippen molar-refractivity contribution in [1.82, 2.24) is 20.0 Å². The fourth-order valence-corrected chi connectivity index (χ4v) is 2.02. The summed E-state index contributed by atoms with van der Waals surface area (Å²) in [6, 6.07) is 6.00. The summed E-state index contributed by atoms with van der Waals surface area (Å²) in [5.74, 6) is 0.790. The molecule has 0 radical (unpaired) electrons. The minimum Gasteiger partial charge on any atom is -0.380 e. The third-order valence-electron chi connectivity index (χ3n) is 3.05. The lowest BCUT2D eigenvalue weighted by Gasteiger charge is -2.11. The van der Waals surface area contributed by atoms with Gasteiger partial charge in [-0.2, -0.15) is 0 Å². The number of guanidine groups is 1. The zero-order valence-electron chi connectivity index (χ0n) is 12.7. The number of hydrogen-bond acceptors (Lipinski definition) is 3. The molecule has 0 amide bonds. The van der Waals surface area contributed by atoms with Gasteiger partial charge in [0.25, 0.3) is 0 Å². The van der Waals surface area contributed by atoms with Crippen LogP contribution in [0.5, 0.6) is 0 Å². The van der Waals surface area contributed by atoms with Crippen molar-refractivity contribution in [2.75, 3.05) is 33.4 Å². The Hall–Kier alpha value is -2.08. The van der Waals surface area contributed by atoms with Crippen LogP contribution in [0.25, 0.3) is 5.65 Å². The number of nitrogens with zero attached hydrogens (tertiary/aromatic N) is 3. The minimum atomic E-state index is 0.684. The molecule has 2 heterocycles. The molecule has 0 bridgehead atoms. The molecule has 2 rings (SSSR count). The molecule has 114 valence electrons. The van der Waals surface area contributed by atoms with E-state index in [1.807, 2.05) is 35.7 Å². The first-order valence-electron chi connectivity index (χ1n) is 7.28. The lowest BCUT2D eigenvalue weighted by molar-refractivity contribution is 0.152. The van der Waals surface area contributed by atoms with Crippen LogP contribution in [0.3, 0.4) is 0 Å². The Balaban J connectivity index is 1.74. The fraction of sp³-hybridized carbons (Fsp3) is 0.467. The van der Waals surface area contributed by atoms with Gasteiger partial charge in [-0.15, -0.1) is 0 Å². The van der Waals surface area contributed by atoms with E-state index in [-0.39, 0.29) is 0 Å².